The van der Waals surface area contributed by atoms with E-state index in [9.17, 15) is 9.90 Å². The van der Waals surface area contributed by atoms with Gasteiger partial charge in [-0.3, -0.25) is 0 Å². The van der Waals surface area contributed by atoms with Crippen molar-refractivity contribution in [3.05, 3.63) is 0 Å². The highest BCUT2D eigenvalue weighted by atomic mass is 32.1. The number of methoxy groups -OCH3 is 1. The first-order valence-corrected chi connectivity index (χ1v) is 7.61. The minimum absolute atomic E-state index is 0.249. The number of urea groups is 1. The third kappa shape index (κ3) is 3.25. The standard InChI is InChI=1S/C12H20N4O4S/c1-4-5-6-20-11-14-13-10(21-11)16-9(17)8(7-19-3)15(2)12(16)18/h8-9,17H,4-7H2,1-3H3. The van der Waals surface area contributed by atoms with E-state index in [1.54, 1.807) is 7.05 Å². The zero-order chi connectivity index (χ0) is 15.4. The van der Waals surface area contributed by atoms with E-state index in [0.29, 0.717) is 16.9 Å². The number of aromatic nitrogens is 2. The number of amides is 2. The predicted octanol–water partition coefficient (Wildman–Crippen LogP) is 0.922. The van der Waals surface area contributed by atoms with Crippen molar-refractivity contribution in [1.82, 2.24) is 15.1 Å². The molecule has 2 heterocycles. The van der Waals surface area contributed by atoms with Crippen LogP contribution in [-0.4, -0.2) is 65.9 Å². The second-order valence-electron chi connectivity index (χ2n) is 4.75. The number of ether oxygens (including phenoxy) is 2. The number of rotatable bonds is 7. The maximum absolute atomic E-state index is 12.2. The van der Waals surface area contributed by atoms with Gasteiger partial charge < -0.3 is 19.5 Å². The number of nitrogens with zero attached hydrogens (tertiary/aromatic N) is 4. The summed E-state index contributed by atoms with van der Waals surface area (Å²) in [6.45, 7) is 2.88. The molecule has 2 rings (SSSR count). The van der Waals surface area contributed by atoms with Crippen molar-refractivity contribution in [2.24, 2.45) is 0 Å². The van der Waals surface area contributed by atoms with Crippen LogP contribution in [0.3, 0.4) is 0 Å². The molecule has 2 atom stereocenters. The number of carbonyl (C=O) groups is 1. The number of hydrogen-bond acceptors (Lipinski definition) is 7. The Kier molecular flexibility index (Phi) is 5.32. The van der Waals surface area contributed by atoms with Crippen molar-refractivity contribution in [3.8, 4) is 5.19 Å². The first-order chi connectivity index (χ1) is 10.1. The van der Waals surface area contributed by atoms with Crippen molar-refractivity contribution in [3.63, 3.8) is 0 Å². The van der Waals surface area contributed by atoms with E-state index in [2.05, 4.69) is 17.1 Å². The van der Waals surface area contributed by atoms with E-state index in [4.69, 9.17) is 9.47 Å². The van der Waals surface area contributed by atoms with Gasteiger partial charge in [0.05, 0.1) is 13.2 Å². The maximum atomic E-state index is 12.2. The Balaban J connectivity index is 2.08. The third-order valence-corrected chi connectivity index (χ3v) is 4.11. The number of anilines is 1. The van der Waals surface area contributed by atoms with Gasteiger partial charge >= 0.3 is 6.03 Å². The van der Waals surface area contributed by atoms with Crippen LogP contribution in [-0.2, 0) is 4.74 Å². The fourth-order valence-corrected chi connectivity index (χ4v) is 2.77. The summed E-state index contributed by atoms with van der Waals surface area (Å²) in [7, 11) is 3.15. The molecule has 1 aliphatic rings. The van der Waals surface area contributed by atoms with Gasteiger partial charge in [-0.15, -0.1) is 5.10 Å². The molecule has 21 heavy (non-hydrogen) atoms. The molecule has 8 nitrogen and oxygen atoms in total. The van der Waals surface area contributed by atoms with Crippen LogP contribution in [0.25, 0.3) is 0 Å². The molecule has 0 radical (unpaired) electrons. The summed E-state index contributed by atoms with van der Waals surface area (Å²) >= 11 is 1.14. The lowest BCUT2D eigenvalue weighted by Gasteiger charge is -2.19. The SMILES string of the molecule is CCCCOc1nnc(N2C(=O)N(C)C(COC)C2O)s1. The molecule has 2 amide bonds. The zero-order valence-corrected chi connectivity index (χ0v) is 13.2. The summed E-state index contributed by atoms with van der Waals surface area (Å²) in [5, 5.41) is 18.8. The van der Waals surface area contributed by atoms with E-state index < -0.39 is 12.3 Å². The van der Waals surface area contributed by atoms with E-state index in [1.165, 1.54) is 16.9 Å². The predicted molar refractivity (Wildman–Crippen MR) is 77.6 cm³/mol. The first-order valence-electron chi connectivity index (χ1n) is 6.79. The first kappa shape index (κ1) is 15.9. The molecule has 1 saturated heterocycles. The molecule has 0 bridgehead atoms. The molecule has 0 aromatic carbocycles. The number of likely N-dealkylation sites (N-methyl/N-ethyl adjacent to an activating group) is 1. The van der Waals surface area contributed by atoms with Crippen molar-refractivity contribution in [2.75, 3.05) is 32.3 Å². The van der Waals surface area contributed by atoms with E-state index in [0.717, 1.165) is 24.2 Å². The van der Waals surface area contributed by atoms with Gasteiger partial charge in [-0.1, -0.05) is 18.4 Å². The quantitative estimate of drug-likeness (QED) is 0.753. The summed E-state index contributed by atoms with van der Waals surface area (Å²) in [5.41, 5.74) is 0. The lowest BCUT2D eigenvalue weighted by Crippen LogP contribution is -2.39. The van der Waals surface area contributed by atoms with Crippen molar-refractivity contribution < 1.29 is 19.4 Å². The maximum Gasteiger partial charge on any atom is 0.328 e. The highest BCUT2D eigenvalue weighted by Gasteiger charge is 2.45. The van der Waals surface area contributed by atoms with Crippen LogP contribution in [0.1, 0.15) is 19.8 Å². The van der Waals surface area contributed by atoms with Gasteiger partial charge in [0.2, 0.25) is 5.13 Å². The molecule has 1 aromatic heterocycles. The Bertz CT molecular complexity index is 484. The Morgan fingerprint density at radius 3 is 2.86 bits per heavy atom. The van der Waals surface area contributed by atoms with Crippen molar-refractivity contribution >= 4 is 22.5 Å². The minimum atomic E-state index is -1.01. The zero-order valence-electron chi connectivity index (χ0n) is 12.4. The van der Waals surface area contributed by atoms with Crippen LogP contribution < -0.4 is 9.64 Å². The molecular weight excluding hydrogens is 296 g/mol. The van der Waals surface area contributed by atoms with Crippen LogP contribution in [0.15, 0.2) is 0 Å². The normalized spacial score (nSPS) is 22.2. The molecular formula is C12H20N4O4S. The fourth-order valence-electron chi connectivity index (χ4n) is 2.02. The summed E-state index contributed by atoms with van der Waals surface area (Å²) in [6, 6.07) is -0.767. The summed E-state index contributed by atoms with van der Waals surface area (Å²) in [5.74, 6) is 0. The molecule has 0 saturated carbocycles. The Labute approximate surface area is 127 Å². The molecule has 1 N–H and O–H groups in total. The molecule has 2 unspecified atom stereocenters. The summed E-state index contributed by atoms with van der Waals surface area (Å²) in [4.78, 5) is 14.9. The average molecular weight is 316 g/mol. The van der Waals surface area contributed by atoms with Gasteiger partial charge in [0.15, 0.2) is 6.23 Å². The average Bonchev–Trinajstić information content (AvgIpc) is 2.99. The lowest BCUT2D eigenvalue weighted by atomic mass is 10.3. The number of aliphatic hydroxyl groups excluding tert-OH is 1. The second-order valence-corrected chi connectivity index (χ2v) is 5.67. The highest BCUT2D eigenvalue weighted by Crippen LogP contribution is 2.32. The smallest absolute Gasteiger partial charge is 0.328 e. The monoisotopic (exact) mass is 316 g/mol. The topological polar surface area (TPSA) is 88.0 Å². The number of unbranched alkanes of at least 4 members (excludes halogenated alkanes) is 1. The Hall–Kier alpha value is -1.45. The van der Waals surface area contributed by atoms with E-state index in [1.807, 2.05) is 0 Å². The molecule has 1 aromatic rings. The fraction of sp³-hybridized carbons (Fsp3) is 0.750. The van der Waals surface area contributed by atoms with Gasteiger partial charge in [-0.25, -0.2) is 9.69 Å². The van der Waals surface area contributed by atoms with Gasteiger partial charge in [0.25, 0.3) is 5.19 Å². The van der Waals surface area contributed by atoms with Gasteiger partial charge in [-0.2, -0.15) is 0 Å². The van der Waals surface area contributed by atoms with Gasteiger partial charge in [0, 0.05) is 14.2 Å². The second kappa shape index (κ2) is 7.01. The Morgan fingerprint density at radius 2 is 2.19 bits per heavy atom. The van der Waals surface area contributed by atoms with Crippen molar-refractivity contribution in [1.29, 1.82) is 0 Å². The number of aliphatic hydroxyl groups is 1. The van der Waals surface area contributed by atoms with E-state index in [-0.39, 0.29) is 12.6 Å². The number of carbonyl (C=O) groups excluding carboxylic acids is 1. The van der Waals surface area contributed by atoms with Crippen molar-refractivity contribution in [2.45, 2.75) is 32.0 Å². The highest BCUT2D eigenvalue weighted by molar-refractivity contribution is 7.17. The lowest BCUT2D eigenvalue weighted by molar-refractivity contribution is 0.0633. The third-order valence-electron chi connectivity index (χ3n) is 3.28. The summed E-state index contributed by atoms with van der Waals surface area (Å²) in [6.07, 6.45) is 0.941. The molecule has 0 aliphatic carbocycles. The van der Waals surface area contributed by atoms with Crippen LogP contribution in [0, 0.1) is 0 Å². The molecule has 1 fully saturated rings. The number of hydrogen-bond donors (Lipinski definition) is 1. The molecule has 1 aliphatic heterocycles. The van der Waals surface area contributed by atoms with E-state index >= 15 is 0 Å². The Morgan fingerprint density at radius 1 is 1.43 bits per heavy atom. The van der Waals surface area contributed by atoms with Gasteiger partial charge in [-0.05, 0) is 17.8 Å². The summed E-state index contributed by atoms with van der Waals surface area (Å²) < 4.78 is 10.5. The van der Waals surface area contributed by atoms with Gasteiger partial charge in [0.1, 0.15) is 6.04 Å². The van der Waals surface area contributed by atoms with Crippen LogP contribution in [0.5, 0.6) is 5.19 Å². The van der Waals surface area contributed by atoms with Crippen LogP contribution in [0.2, 0.25) is 0 Å². The molecule has 118 valence electrons. The minimum Gasteiger partial charge on any atom is -0.469 e. The van der Waals surface area contributed by atoms with Crippen LogP contribution >= 0.6 is 11.3 Å². The molecule has 9 heteroatoms. The molecule has 0 spiro atoms. The largest absolute Gasteiger partial charge is 0.469 e. The van der Waals surface area contributed by atoms with Crippen LogP contribution in [0.4, 0.5) is 9.93 Å².